The fourth-order valence-electron chi connectivity index (χ4n) is 2.64. The molecule has 0 bridgehead atoms. The Hall–Kier alpha value is -2.97. The van der Waals surface area contributed by atoms with Crippen LogP contribution in [0.5, 0.6) is 5.75 Å². The van der Waals surface area contributed by atoms with Crippen LogP contribution in [0.2, 0.25) is 0 Å². The van der Waals surface area contributed by atoms with Crippen LogP contribution >= 0.6 is 0 Å². The molecule has 0 amide bonds. The van der Waals surface area contributed by atoms with Crippen LogP contribution in [0.15, 0.2) is 53.3 Å². The smallest absolute Gasteiger partial charge is 0.455 e. The van der Waals surface area contributed by atoms with Crippen molar-refractivity contribution < 1.29 is 26.7 Å². The molecule has 0 saturated heterocycles. The van der Waals surface area contributed by atoms with Crippen LogP contribution in [0.1, 0.15) is 0 Å². The van der Waals surface area contributed by atoms with Crippen LogP contribution in [0.3, 0.4) is 0 Å². The number of aromatic nitrogens is 2. The van der Waals surface area contributed by atoms with Crippen LogP contribution in [-0.2, 0) is 6.54 Å². The summed E-state index contributed by atoms with van der Waals surface area (Å²) in [5, 5.41) is 0.220. The van der Waals surface area contributed by atoms with Gasteiger partial charge in [-0.05, 0) is 18.2 Å². The third kappa shape index (κ3) is 3.49. The average molecular weight is 384 g/mol. The quantitative estimate of drug-likeness (QED) is 0.631. The first-order valence-electron chi connectivity index (χ1n) is 7.72. The molecule has 3 aromatic rings. The summed E-state index contributed by atoms with van der Waals surface area (Å²) >= 11 is 0. The van der Waals surface area contributed by atoms with Crippen molar-refractivity contribution in [2.45, 2.75) is 18.6 Å². The van der Waals surface area contributed by atoms with Gasteiger partial charge in [-0.15, -0.1) is 0 Å². The molecule has 0 N–H and O–H groups in total. The lowest BCUT2D eigenvalue weighted by Gasteiger charge is -2.22. The standard InChI is InChI=1S/C18H13F5N2O2/c1-27-12-7-8-14-13(9-12)15(11-5-3-2-4-6-11)24-16(26)25(14)10-17(19,20)18(21,22)23/h2-9H,10H2,1H3. The van der Waals surface area contributed by atoms with E-state index in [-0.39, 0.29) is 16.6 Å². The summed E-state index contributed by atoms with van der Waals surface area (Å²) in [7, 11) is 1.38. The average Bonchev–Trinajstić information content (AvgIpc) is 2.63. The van der Waals surface area contributed by atoms with Gasteiger partial charge in [0.15, 0.2) is 0 Å². The van der Waals surface area contributed by atoms with E-state index < -0.39 is 24.3 Å². The van der Waals surface area contributed by atoms with Gasteiger partial charge in [0, 0.05) is 10.9 Å². The number of methoxy groups -OCH3 is 1. The minimum atomic E-state index is -5.79. The fourth-order valence-corrected chi connectivity index (χ4v) is 2.64. The molecule has 9 heteroatoms. The number of benzene rings is 2. The predicted molar refractivity (Wildman–Crippen MR) is 89.0 cm³/mol. The zero-order valence-electron chi connectivity index (χ0n) is 13.9. The highest BCUT2D eigenvalue weighted by Gasteiger charge is 2.57. The van der Waals surface area contributed by atoms with Gasteiger partial charge in [-0.25, -0.2) is 4.79 Å². The van der Waals surface area contributed by atoms with Crippen molar-refractivity contribution in [1.29, 1.82) is 0 Å². The number of fused-ring (bicyclic) bond motifs is 1. The van der Waals surface area contributed by atoms with Crippen LogP contribution in [-0.4, -0.2) is 28.8 Å². The van der Waals surface area contributed by atoms with Crippen molar-refractivity contribution in [1.82, 2.24) is 9.55 Å². The second kappa shape index (κ2) is 6.64. The largest absolute Gasteiger partial charge is 0.497 e. The highest BCUT2D eigenvalue weighted by molar-refractivity contribution is 5.93. The Morgan fingerprint density at radius 2 is 1.70 bits per heavy atom. The lowest BCUT2D eigenvalue weighted by molar-refractivity contribution is -0.286. The Bertz CT molecular complexity index is 1030. The zero-order chi connectivity index (χ0) is 19.8. The number of nitrogens with zero attached hydrogens (tertiary/aromatic N) is 2. The predicted octanol–water partition coefficient (Wildman–Crippen LogP) is 4.27. The molecular weight excluding hydrogens is 371 g/mol. The zero-order valence-corrected chi connectivity index (χ0v) is 13.9. The summed E-state index contributed by atoms with van der Waals surface area (Å²) in [4.78, 5) is 16.1. The van der Waals surface area contributed by atoms with Gasteiger partial charge in [-0.2, -0.15) is 26.9 Å². The Morgan fingerprint density at radius 3 is 2.30 bits per heavy atom. The lowest BCUT2D eigenvalue weighted by atomic mass is 10.1. The maximum Gasteiger partial charge on any atom is 0.455 e. The van der Waals surface area contributed by atoms with E-state index in [1.807, 2.05) is 0 Å². The lowest BCUT2D eigenvalue weighted by Crippen LogP contribution is -2.43. The van der Waals surface area contributed by atoms with Crippen molar-refractivity contribution in [3.8, 4) is 17.0 Å². The van der Waals surface area contributed by atoms with Gasteiger partial charge in [0.05, 0.1) is 18.3 Å². The molecule has 4 nitrogen and oxygen atoms in total. The van der Waals surface area contributed by atoms with Crippen molar-refractivity contribution in [2.75, 3.05) is 7.11 Å². The van der Waals surface area contributed by atoms with Crippen LogP contribution < -0.4 is 10.4 Å². The van der Waals surface area contributed by atoms with Crippen molar-refractivity contribution >= 4 is 10.9 Å². The topological polar surface area (TPSA) is 44.1 Å². The highest BCUT2D eigenvalue weighted by atomic mass is 19.4. The molecule has 0 saturated carbocycles. The monoisotopic (exact) mass is 384 g/mol. The first-order chi connectivity index (χ1) is 12.6. The van der Waals surface area contributed by atoms with E-state index in [9.17, 15) is 26.7 Å². The molecule has 1 heterocycles. The summed E-state index contributed by atoms with van der Waals surface area (Å²) in [5.74, 6) is -4.74. The van der Waals surface area contributed by atoms with E-state index in [0.29, 0.717) is 15.9 Å². The van der Waals surface area contributed by atoms with E-state index in [2.05, 4.69) is 4.98 Å². The molecule has 0 aliphatic carbocycles. The first-order valence-corrected chi connectivity index (χ1v) is 7.72. The van der Waals surface area contributed by atoms with E-state index in [4.69, 9.17) is 4.74 Å². The summed E-state index contributed by atoms with van der Waals surface area (Å²) in [6.45, 7) is -1.86. The van der Waals surface area contributed by atoms with Crippen LogP contribution in [0, 0.1) is 0 Å². The highest BCUT2D eigenvalue weighted by Crippen LogP contribution is 2.37. The second-order valence-electron chi connectivity index (χ2n) is 5.78. The van der Waals surface area contributed by atoms with Crippen molar-refractivity contribution in [3.63, 3.8) is 0 Å². The van der Waals surface area contributed by atoms with Crippen LogP contribution in [0.25, 0.3) is 22.2 Å². The van der Waals surface area contributed by atoms with Gasteiger partial charge in [-0.1, -0.05) is 30.3 Å². The molecule has 0 fully saturated rings. The number of alkyl halides is 5. The molecule has 0 radical (unpaired) electrons. The number of hydrogen-bond donors (Lipinski definition) is 0. The maximum atomic E-state index is 13.6. The maximum absolute atomic E-state index is 13.6. The Labute approximate surface area is 149 Å². The molecule has 0 aliphatic heterocycles. The second-order valence-corrected chi connectivity index (χ2v) is 5.78. The van der Waals surface area contributed by atoms with E-state index in [1.54, 1.807) is 30.3 Å². The molecule has 1 aromatic heterocycles. The Balaban J connectivity index is 2.29. The molecule has 142 valence electrons. The molecule has 0 aliphatic rings. The third-order valence-corrected chi connectivity index (χ3v) is 4.01. The van der Waals surface area contributed by atoms with Gasteiger partial charge < -0.3 is 4.74 Å². The van der Waals surface area contributed by atoms with E-state index >= 15 is 0 Å². The van der Waals surface area contributed by atoms with Crippen LogP contribution in [0.4, 0.5) is 22.0 Å². The first kappa shape index (κ1) is 18.8. The molecule has 3 rings (SSSR count). The van der Waals surface area contributed by atoms with Gasteiger partial charge in [0.2, 0.25) is 0 Å². The van der Waals surface area contributed by atoms with E-state index in [0.717, 1.165) is 0 Å². The number of hydrogen-bond acceptors (Lipinski definition) is 3. The fraction of sp³-hybridized carbons (Fsp3) is 0.222. The van der Waals surface area contributed by atoms with Gasteiger partial charge >= 0.3 is 17.8 Å². The summed E-state index contributed by atoms with van der Waals surface area (Å²) in [6.07, 6.45) is -5.79. The molecule has 27 heavy (non-hydrogen) atoms. The van der Waals surface area contributed by atoms with E-state index in [1.165, 1.54) is 25.3 Å². The third-order valence-electron chi connectivity index (χ3n) is 4.01. The van der Waals surface area contributed by atoms with Gasteiger partial charge in [-0.3, -0.25) is 4.57 Å². The summed E-state index contributed by atoms with van der Waals surface area (Å²) < 4.78 is 70.4. The van der Waals surface area contributed by atoms with Crippen molar-refractivity contribution in [2.24, 2.45) is 0 Å². The Morgan fingerprint density at radius 1 is 1.04 bits per heavy atom. The van der Waals surface area contributed by atoms with Crippen molar-refractivity contribution in [3.05, 3.63) is 59.0 Å². The van der Waals surface area contributed by atoms with Gasteiger partial charge in [0.25, 0.3) is 0 Å². The molecule has 0 unspecified atom stereocenters. The SMILES string of the molecule is COc1ccc2c(c1)c(-c1ccccc1)nc(=O)n2CC(F)(F)C(F)(F)F. The normalized spacial score (nSPS) is 12.4. The summed E-state index contributed by atoms with van der Waals surface area (Å²) in [6, 6.07) is 12.5. The Kier molecular flexibility index (Phi) is 4.63. The summed E-state index contributed by atoms with van der Waals surface area (Å²) in [5.41, 5.74) is -0.613. The number of ether oxygens (including phenoxy) is 1. The molecule has 2 aromatic carbocycles. The minimum absolute atomic E-state index is 0.0985. The minimum Gasteiger partial charge on any atom is -0.497 e. The number of rotatable bonds is 4. The van der Waals surface area contributed by atoms with Gasteiger partial charge in [0.1, 0.15) is 12.3 Å². The molecular formula is C18H13F5N2O2. The molecule has 0 atom stereocenters. The number of halogens is 5. The molecule has 0 spiro atoms.